The van der Waals surface area contributed by atoms with Gasteiger partial charge in [-0.2, -0.15) is 9.78 Å². The van der Waals surface area contributed by atoms with Gasteiger partial charge in [-0.25, -0.2) is 4.79 Å². The number of fused-ring (bicyclic) bond motifs is 1. The summed E-state index contributed by atoms with van der Waals surface area (Å²) in [5.74, 6) is -0.250. The third kappa shape index (κ3) is 3.52. The van der Waals surface area contributed by atoms with Gasteiger partial charge in [-0.15, -0.1) is 0 Å². The number of hydrogen-bond acceptors (Lipinski definition) is 5. The molecule has 0 bridgehead atoms. The zero-order valence-electron chi connectivity index (χ0n) is 14.1. The Morgan fingerprint density at radius 1 is 1.12 bits per heavy atom. The first kappa shape index (κ1) is 16.7. The summed E-state index contributed by atoms with van der Waals surface area (Å²) in [5.41, 5.74) is 1.68. The van der Waals surface area contributed by atoms with E-state index in [-0.39, 0.29) is 18.2 Å². The maximum Gasteiger partial charge on any atom is 0.359 e. The topological polar surface area (TPSA) is 70.4 Å². The fourth-order valence-corrected chi connectivity index (χ4v) is 2.52. The summed E-state index contributed by atoms with van der Waals surface area (Å²) in [5, 5.41) is 4.66. The van der Waals surface area contributed by atoms with Crippen LogP contribution < -0.4 is 4.74 Å². The largest absolute Gasteiger partial charge is 0.489 e. The Morgan fingerprint density at radius 3 is 2.56 bits per heavy atom. The molecule has 0 radical (unpaired) electrons. The van der Waals surface area contributed by atoms with Crippen LogP contribution in [0.15, 0.2) is 48.5 Å². The Morgan fingerprint density at radius 2 is 1.88 bits per heavy atom. The van der Waals surface area contributed by atoms with Gasteiger partial charge in [-0.3, -0.25) is 4.79 Å². The molecule has 2 aromatic carbocycles. The highest BCUT2D eigenvalue weighted by Crippen LogP contribution is 2.25. The molecule has 0 atom stereocenters. The van der Waals surface area contributed by atoms with Gasteiger partial charge in [0, 0.05) is 18.4 Å². The van der Waals surface area contributed by atoms with Crippen molar-refractivity contribution >= 4 is 22.8 Å². The Labute approximate surface area is 145 Å². The van der Waals surface area contributed by atoms with E-state index in [0.717, 1.165) is 5.56 Å². The van der Waals surface area contributed by atoms with Crippen molar-refractivity contribution in [3.05, 3.63) is 59.8 Å². The molecule has 6 heteroatoms. The van der Waals surface area contributed by atoms with Crippen LogP contribution >= 0.6 is 0 Å². The number of nitrogens with zero attached hydrogens (tertiary/aromatic N) is 2. The molecule has 1 aromatic heterocycles. The van der Waals surface area contributed by atoms with Gasteiger partial charge in [-0.05, 0) is 24.6 Å². The van der Waals surface area contributed by atoms with Gasteiger partial charge >= 0.3 is 5.97 Å². The maximum absolute atomic E-state index is 12.0. The molecule has 0 saturated heterocycles. The first-order valence-electron chi connectivity index (χ1n) is 7.97. The molecule has 25 heavy (non-hydrogen) atoms. The van der Waals surface area contributed by atoms with Gasteiger partial charge in [0.2, 0.25) is 5.91 Å². The second-order valence-corrected chi connectivity index (χ2v) is 5.45. The molecule has 0 aliphatic carbocycles. The van der Waals surface area contributed by atoms with Crippen LogP contribution in [-0.2, 0) is 11.3 Å². The fraction of sp³-hybridized carbons (Fsp3) is 0.211. The van der Waals surface area contributed by atoms with Gasteiger partial charge in [0.15, 0.2) is 5.69 Å². The first-order chi connectivity index (χ1) is 12.1. The van der Waals surface area contributed by atoms with Crippen molar-refractivity contribution in [2.75, 3.05) is 6.61 Å². The number of carbonyl (C=O) groups is 2. The molecule has 3 rings (SSSR count). The van der Waals surface area contributed by atoms with Crippen LogP contribution in [0.25, 0.3) is 10.9 Å². The molecule has 0 amide bonds. The number of aromatic nitrogens is 2. The third-order valence-electron chi connectivity index (χ3n) is 3.67. The lowest BCUT2D eigenvalue weighted by Crippen LogP contribution is -2.10. The van der Waals surface area contributed by atoms with Crippen molar-refractivity contribution in [3.63, 3.8) is 0 Å². The molecule has 0 aliphatic rings. The number of esters is 1. The van der Waals surface area contributed by atoms with Gasteiger partial charge < -0.3 is 9.47 Å². The van der Waals surface area contributed by atoms with E-state index in [2.05, 4.69) is 5.10 Å². The summed E-state index contributed by atoms with van der Waals surface area (Å²) in [6.45, 7) is 3.76. The Bertz CT molecular complexity index is 916. The van der Waals surface area contributed by atoms with E-state index in [1.54, 1.807) is 25.1 Å². The maximum atomic E-state index is 12.0. The van der Waals surface area contributed by atoms with E-state index in [1.807, 2.05) is 30.3 Å². The van der Waals surface area contributed by atoms with Crippen LogP contribution in [0.3, 0.4) is 0 Å². The monoisotopic (exact) mass is 338 g/mol. The van der Waals surface area contributed by atoms with E-state index < -0.39 is 5.97 Å². The van der Waals surface area contributed by atoms with Crippen LogP contribution in [-0.4, -0.2) is 28.3 Å². The zero-order chi connectivity index (χ0) is 17.8. The van der Waals surface area contributed by atoms with Gasteiger partial charge in [-0.1, -0.05) is 30.3 Å². The molecule has 6 nitrogen and oxygen atoms in total. The van der Waals surface area contributed by atoms with Crippen molar-refractivity contribution in [3.8, 4) is 5.75 Å². The molecular formula is C19H18N2O4. The second kappa shape index (κ2) is 7.17. The van der Waals surface area contributed by atoms with Crippen molar-refractivity contribution in [2.45, 2.75) is 20.5 Å². The van der Waals surface area contributed by atoms with Crippen LogP contribution in [0.5, 0.6) is 5.75 Å². The molecule has 0 spiro atoms. The average Bonchev–Trinajstić information content (AvgIpc) is 3.00. The Kier molecular flexibility index (Phi) is 4.79. The Balaban J connectivity index is 1.94. The number of hydrogen-bond donors (Lipinski definition) is 0. The lowest BCUT2D eigenvalue weighted by molar-refractivity contribution is 0.0521. The summed E-state index contributed by atoms with van der Waals surface area (Å²) < 4.78 is 12.0. The molecule has 1 heterocycles. The van der Waals surface area contributed by atoms with Gasteiger partial charge in [0.05, 0.1) is 12.1 Å². The Hall–Kier alpha value is -3.15. The molecule has 128 valence electrons. The number of rotatable bonds is 5. The van der Waals surface area contributed by atoms with Gasteiger partial charge in [0.1, 0.15) is 12.4 Å². The normalized spacial score (nSPS) is 10.6. The minimum absolute atomic E-state index is 0.127. The highest BCUT2D eigenvalue weighted by Gasteiger charge is 2.20. The lowest BCUT2D eigenvalue weighted by Gasteiger charge is -2.07. The van der Waals surface area contributed by atoms with Crippen molar-refractivity contribution in [2.24, 2.45) is 0 Å². The van der Waals surface area contributed by atoms with E-state index in [9.17, 15) is 9.59 Å². The highest BCUT2D eigenvalue weighted by atomic mass is 16.5. The van der Waals surface area contributed by atoms with Crippen LogP contribution in [0.2, 0.25) is 0 Å². The van der Waals surface area contributed by atoms with E-state index in [1.165, 1.54) is 11.6 Å². The summed E-state index contributed by atoms with van der Waals surface area (Å²) in [4.78, 5) is 23.9. The molecule has 0 aliphatic heterocycles. The van der Waals surface area contributed by atoms with Crippen LogP contribution in [0.1, 0.15) is 34.7 Å². The first-order valence-corrected chi connectivity index (χ1v) is 7.97. The molecule has 0 N–H and O–H groups in total. The fourth-order valence-electron chi connectivity index (χ4n) is 2.52. The molecule has 0 saturated carbocycles. The van der Waals surface area contributed by atoms with Crippen molar-refractivity contribution in [1.29, 1.82) is 0 Å². The molecular weight excluding hydrogens is 320 g/mol. The van der Waals surface area contributed by atoms with Crippen molar-refractivity contribution in [1.82, 2.24) is 9.78 Å². The van der Waals surface area contributed by atoms with E-state index >= 15 is 0 Å². The van der Waals surface area contributed by atoms with Crippen LogP contribution in [0, 0.1) is 0 Å². The van der Waals surface area contributed by atoms with Crippen LogP contribution in [0.4, 0.5) is 0 Å². The lowest BCUT2D eigenvalue weighted by atomic mass is 10.2. The summed E-state index contributed by atoms with van der Waals surface area (Å²) >= 11 is 0. The minimum Gasteiger partial charge on any atom is -0.489 e. The standard InChI is InChI=1S/C19H18N2O4/c1-3-24-19(23)18-16-10-9-15(11-17(16)21(20-18)13(2)22)25-12-14-7-5-4-6-8-14/h4-11H,3,12H2,1-2H3. The van der Waals surface area contributed by atoms with E-state index in [4.69, 9.17) is 9.47 Å². The zero-order valence-corrected chi connectivity index (χ0v) is 14.1. The third-order valence-corrected chi connectivity index (χ3v) is 3.67. The smallest absolute Gasteiger partial charge is 0.359 e. The summed E-state index contributed by atoms with van der Waals surface area (Å²) in [7, 11) is 0. The minimum atomic E-state index is -0.551. The van der Waals surface area contributed by atoms with Gasteiger partial charge in [0.25, 0.3) is 0 Å². The van der Waals surface area contributed by atoms with Crippen molar-refractivity contribution < 1.29 is 19.1 Å². The predicted octanol–water partition coefficient (Wildman–Crippen LogP) is 3.45. The number of benzene rings is 2. The second-order valence-electron chi connectivity index (χ2n) is 5.45. The summed E-state index contributed by atoms with van der Waals surface area (Å²) in [6, 6.07) is 14.9. The molecule has 0 unspecified atom stereocenters. The highest BCUT2D eigenvalue weighted by molar-refractivity contribution is 6.04. The van der Waals surface area contributed by atoms with E-state index in [0.29, 0.717) is 23.3 Å². The number of carbonyl (C=O) groups excluding carboxylic acids is 2. The molecule has 3 aromatic rings. The molecule has 0 fully saturated rings. The predicted molar refractivity (Wildman–Crippen MR) is 92.8 cm³/mol. The average molecular weight is 338 g/mol. The SMILES string of the molecule is CCOC(=O)c1nn(C(C)=O)c2cc(OCc3ccccc3)ccc12. The summed E-state index contributed by atoms with van der Waals surface area (Å²) in [6.07, 6.45) is 0. The number of ether oxygens (including phenoxy) is 2. The quantitative estimate of drug-likeness (QED) is 0.666.